The molecule has 2 aromatic carbocycles. The first-order chi connectivity index (χ1) is 14.8. The van der Waals surface area contributed by atoms with Gasteiger partial charge in [0, 0.05) is 18.5 Å². The van der Waals surface area contributed by atoms with E-state index in [0.29, 0.717) is 30.1 Å². The van der Waals surface area contributed by atoms with E-state index < -0.39 is 21.8 Å². The Morgan fingerprint density at radius 1 is 1.03 bits per heavy atom. The summed E-state index contributed by atoms with van der Waals surface area (Å²) < 4.78 is 29.5. The number of anilines is 1. The first kappa shape index (κ1) is 21.3. The van der Waals surface area contributed by atoms with Crippen molar-refractivity contribution in [2.24, 2.45) is 4.40 Å². The van der Waals surface area contributed by atoms with Crippen LogP contribution in [0.4, 0.5) is 5.69 Å². The molecule has 2 heterocycles. The summed E-state index contributed by atoms with van der Waals surface area (Å²) in [5.41, 5.74) is 6.33. The number of rotatable bonds is 2. The molecule has 31 heavy (non-hydrogen) atoms. The molecule has 1 fully saturated rings. The Balaban J connectivity index is 1.59. The minimum atomic E-state index is -3.96. The molecule has 1 saturated heterocycles. The maximum absolute atomic E-state index is 12.7. The van der Waals surface area contributed by atoms with E-state index in [2.05, 4.69) is 15.2 Å². The Kier molecular flexibility index (Phi) is 5.72. The fraction of sp³-hybridized carbons (Fsp3) is 0.286. The van der Waals surface area contributed by atoms with Crippen LogP contribution in [0, 0.1) is 6.92 Å². The van der Waals surface area contributed by atoms with Crippen LogP contribution in [0.15, 0.2) is 45.7 Å². The summed E-state index contributed by atoms with van der Waals surface area (Å²) >= 11 is 6.34. The predicted octanol–water partition coefficient (Wildman–Crippen LogP) is 3.20. The van der Waals surface area contributed by atoms with E-state index >= 15 is 0 Å². The number of halogens is 1. The van der Waals surface area contributed by atoms with Crippen molar-refractivity contribution in [3.63, 3.8) is 0 Å². The monoisotopic (exact) mass is 460 g/mol. The molecule has 0 bridgehead atoms. The van der Waals surface area contributed by atoms with Gasteiger partial charge in [0.15, 0.2) is 0 Å². The third-order valence-corrected chi connectivity index (χ3v) is 6.93. The highest BCUT2D eigenvalue weighted by Crippen LogP contribution is 2.37. The highest BCUT2D eigenvalue weighted by atomic mass is 35.5. The molecule has 2 aromatic rings. The fourth-order valence-corrected chi connectivity index (χ4v) is 5.14. The van der Waals surface area contributed by atoms with Crippen molar-refractivity contribution in [3.05, 3.63) is 58.1 Å². The molecule has 4 rings (SSSR count). The second kappa shape index (κ2) is 8.32. The number of benzene rings is 2. The van der Waals surface area contributed by atoms with Crippen LogP contribution in [0.3, 0.4) is 0 Å². The lowest BCUT2D eigenvalue weighted by molar-refractivity contribution is 0.0846. The minimum absolute atomic E-state index is 0.0679. The molecule has 8 nitrogen and oxygen atoms in total. The summed E-state index contributed by atoms with van der Waals surface area (Å²) in [5.74, 6) is -0.730. The van der Waals surface area contributed by atoms with Crippen molar-refractivity contribution in [3.8, 4) is 0 Å². The maximum Gasteiger partial charge on any atom is 0.286 e. The van der Waals surface area contributed by atoms with E-state index in [9.17, 15) is 18.0 Å². The number of carbonyl (C=O) groups excluding carboxylic acids is 2. The fourth-order valence-electron chi connectivity index (χ4n) is 3.63. The van der Waals surface area contributed by atoms with Crippen molar-refractivity contribution in [2.45, 2.75) is 37.5 Å². The van der Waals surface area contributed by atoms with Crippen LogP contribution in [-0.2, 0) is 10.0 Å². The highest BCUT2D eigenvalue weighted by Gasteiger charge is 2.33. The van der Waals surface area contributed by atoms with Crippen LogP contribution < -0.4 is 15.8 Å². The number of nitrogens with zero attached hydrogens (tertiary/aromatic N) is 2. The Morgan fingerprint density at radius 3 is 2.48 bits per heavy atom. The second-order valence-electron chi connectivity index (χ2n) is 7.52. The zero-order chi connectivity index (χ0) is 22.2. The number of amides is 2. The molecule has 2 amide bonds. The largest absolute Gasteiger partial charge is 0.328 e. The molecule has 2 N–H and O–H groups in total. The molecular formula is C21H21ClN4O4S. The van der Waals surface area contributed by atoms with Gasteiger partial charge in [-0.15, -0.1) is 4.40 Å². The van der Waals surface area contributed by atoms with Crippen LogP contribution in [-0.4, -0.2) is 32.6 Å². The molecule has 2 aliphatic heterocycles. The smallest absolute Gasteiger partial charge is 0.286 e. The Morgan fingerprint density at radius 2 is 1.74 bits per heavy atom. The van der Waals surface area contributed by atoms with E-state index in [1.165, 1.54) is 12.1 Å². The molecule has 2 aliphatic rings. The first-order valence-electron chi connectivity index (χ1n) is 9.88. The summed E-state index contributed by atoms with van der Waals surface area (Å²) in [6.07, 6.45) is 3.34. The van der Waals surface area contributed by atoms with Crippen molar-refractivity contribution in [1.82, 2.24) is 10.9 Å². The third-order valence-electron chi connectivity index (χ3n) is 5.28. The summed E-state index contributed by atoms with van der Waals surface area (Å²) in [6.45, 7) is 2.53. The van der Waals surface area contributed by atoms with Gasteiger partial charge in [-0.1, -0.05) is 35.7 Å². The number of hydrogen-bond donors (Lipinski definition) is 2. The lowest BCUT2D eigenvalue weighted by atomic mass is 10.1. The van der Waals surface area contributed by atoms with E-state index in [4.69, 9.17) is 11.6 Å². The number of hydrazine groups is 1. The number of fused-ring (bicyclic) bond motifs is 3. The summed E-state index contributed by atoms with van der Waals surface area (Å²) in [6, 6.07) is 9.51. The second-order valence-corrected chi connectivity index (χ2v) is 9.50. The average Bonchev–Trinajstić information content (AvgIpc) is 2.96. The van der Waals surface area contributed by atoms with E-state index in [1.807, 2.05) is 11.8 Å². The highest BCUT2D eigenvalue weighted by molar-refractivity contribution is 7.90. The van der Waals surface area contributed by atoms with Crippen LogP contribution >= 0.6 is 11.6 Å². The molecule has 10 heteroatoms. The molecule has 0 aromatic heterocycles. The molecule has 162 valence electrons. The van der Waals surface area contributed by atoms with Gasteiger partial charge in [0.05, 0.1) is 16.3 Å². The molecule has 0 aliphatic carbocycles. The Labute approximate surface area is 185 Å². The van der Waals surface area contributed by atoms with Gasteiger partial charge >= 0.3 is 0 Å². The summed E-state index contributed by atoms with van der Waals surface area (Å²) in [5, 5.41) is 0.0848. The van der Waals surface area contributed by atoms with Gasteiger partial charge in [-0.2, -0.15) is 8.42 Å². The molecule has 0 spiro atoms. The van der Waals surface area contributed by atoms with Gasteiger partial charge in [-0.3, -0.25) is 20.4 Å². The summed E-state index contributed by atoms with van der Waals surface area (Å²) in [7, 11) is -3.96. The third kappa shape index (κ3) is 4.28. The van der Waals surface area contributed by atoms with Crippen LogP contribution in [0.25, 0.3) is 0 Å². The average molecular weight is 461 g/mol. The quantitative estimate of drug-likeness (QED) is 0.669. The number of sulfonamides is 1. The van der Waals surface area contributed by atoms with Crippen molar-refractivity contribution in [2.75, 3.05) is 11.4 Å². The molecule has 0 atom stereocenters. The zero-order valence-corrected chi connectivity index (χ0v) is 18.4. The number of nitrogens with one attached hydrogen (secondary N) is 2. The van der Waals surface area contributed by atoms with Gasteiger partial charge in [0.2, 0.25) is 0 Å². The normalized spacial score (nSPS) is 17.0. The van der Waals surface area contributed by atoms with E-state index in [-0.39, 0.29) is 15.5 Å². The SMILES string of the molecule is Cc1ccc(C(=O)NNC(=O)c2cc3c(cc2Cl)N2CCCCCC2=NS3(=O)=O)cc1. The van der Waals surface area contributed by atoms with Crippen LogP contribution in [0.2, 0.25) is 5.02 Å². The Hall–Kier alpha value is -2.91. The van der Waals surface area contributed by atoms with Gasteiger partial charge in [0.25, 0.3) is 21.8 Å². The topological polar surface area (TPSA) is 108 Å². The van der Waals surface area contributed by atoms with Crippen molar-refractivity contribution < 1.29 is 18.0 Å². The standard InChI is InChI=1S/C21H21ClN4O4S/c1-13-6-8-14(9-7-13)20(27)23-24-21(28)15-11-18-17(12-16(15)22)26-10-4-2-3-5-19(26)25-31(18,29)30/h6-9,11-12H,2-5,10H2,1H3,(H,23,27)(H,24,28). The number of hydrogen-bond acceptors (Lipinski definition) is 5. The Bertz CT molecular complexity index is 1190. The number of amidine groups is 1. The van der Waals surface area contributed by atoms with E-state index in [0.717, 1.165) is 24.8 Å². The first-order valence-corrected chi connectivity index (χ1v) is 11.7. The maximum atomic E-state index is 12.7. The van der Waals surface area contributed by atoms with Gasteiger partial charge in [-0.05, 0) is 44.0 Å². The van der Waals surface area contributed by atoms with Gasteiger partial charge in [-0.25, -0.2) is 0 Å². The van der Waals surface area contributed by atoms with Crippen LogP contribution in [0.1, 0.15) is 52.0 Å². The lowest BCUT2D eigenvalue weighted by Crippen LogP contribution is -2.42. The van der Waals surface area contributed by atoms with E-state index in [1.54, 1.807) is 24.3 Å². The molecule has 0 saturated carbocycles. The van der Waals surface area contributed by atoms with Crippen molar-refractivity contribution >= 4 is 45.0 Å². The van der Waals surface area contributed by atoms with Gasteiger partial charge in [0.1, 0.15) is 10.7 Å². The lowest BCUT2D eigenvalue weighted by Gasteiger charge is -2.30. The molecule has 0 unspecified atom stereocenters. The molecule has 0 radical (unpaired) electrons. The summed E-state index contributed by atoms with van der Waals surface area (Å²) in [4.78, 5) is 26.6. The number of aryl methyl sites for hydroxylation is 1. The zero-order valence-electron chi connectivity index (χ0n) is 16.8. The van der Waals surface area contributed by atoms with Crippen molar-refractivity contribution in [1.29, 1.82) is 0 Å². The minimum Gasteiger partial charge on any atom is -0.328 e. The number of carbonyl (C=O) groups is 2. The van der Waals surface area contributed by atoms with Crippen LogP contribution in [0.5, 0.6) is 0 Å². The molecular weight excluding hydrogens is 440 g/mol. The predicted molar refractivity (Wildman–Crippen MR) is 118 cm³/mol. The van der Waals surface area contributed by atoms with Gasteiger partial charge < -0.3 is 4.90 Å².